The van der Waals surface area contributed by atoms with Crippen molar-refractivity contribution in [2.75, 3.05) is 26.7 Å². The lowest BCUT2D eigenvalue weighted by Gasteiger charge is -2.32. The molecule has 1 saturated heterocycles. The molecule has 1 N–H and O–H groups in total. The number of carbonyl (C=O) groups is 2. The molecule has 2 amide bonds. The van der Waals surface area contributed by atoms with Crippen molar-refractivity contribution in [1.82, 2.24) is 20.4 Å². The molecule has 2 heterocycles. The van der Waals surface area contributed by atoms with Crippen LogP contribution in [0.2, 0.25) is 0 Å². The van der Waals surface area contributed by atoms with Gasteiger partial charge in [-0.05, 0) is 25.7 Å². The molecule has 1 aliphatic carbocycles. The summed E-state index contributed by atoms with van der Waals surface area (Å²) in [7, 11) is 1.57. The Hall–Kier alpha value is -1.96. The van der Waals surface area contributed by atoms with Crippen molar-refractivity contribution in [3.8, 4) is 0 Å². The monoisotopic (exact) mass is 364 g/mol. The maximum Gasteiger partial charge on any atom is 0.228 e. The predicted octanol–water partition coefficient (Wildman–Crippen LogP) is 1.30. The second-order valence-electron chi connectivity index (χ2n) is 7.11. The molecule has 2 aliphatic rings. The van der Waals surface area contributed by atoms with Gasteiger partial charge in [0.2, 0.25) is 17.7 Å². The third-order valence-corrected chi connectivity index (χ3v) is 5.26. The van der Waals surface area contributed by atoms with Crippen LogP contribution in [0.1, 0.15) is 50.2 Å². The minimum Gasteiger partial charge on any atom is -0.377 e. The molecule has 1 aliphatic heterocycles. The summed E-state index contributed by atoms with van der Waals surface area (Å²) in [6.45, 7) is 2.40. The van der Waals surface area contributed by atoms with Crippen LogP contribution in [0, 0.1) is 11.8 Å². The summed E-state index contributed by atoms with van der Waals surface area (Å²) in [4.78, 5) is 31.6. The number of aromatic nitrogens is 2. The van der Waals surface area contributed by atoms with Gasteiger partial charge in [0.1, 0.15) is 6.61 Å². The summed E-state index contributed by atoms with van der Waals surface area (Å²) >= 11 is 0. The Labute approximate surface area is 153 Å². The highest BCUT2D eigenvalue weighted by Gasteiger charge is 2.38. The van der Waals surface area contributed by atoms with Crippen LogP contribution in [-0.2, 0) is 27.4 Å². The predicted molar refractivity (Wildman–Crippen MR) is 93.0 cm³/mol. The molecular weight excluding hydrogens is 336 g/mol. The fourth-order valence-corrected chi connectivity index (χ4v) is 3.92. The molecule has 0 aromatic carbocycles. The molecule has 1 saturated carbocycles. The van der Waals surface area contributed by atoms with Gasteiger partial charge < -0.3 is 19.5 Å². The molecule has 8 nitrogen and oxygen atoms in total. The number of nitrogens with one attached hydrogen (secondary N) is 1. The van der Waals surface area contributed by atoms with Crippen molar-refractivity contribution in [2.24, 2.45) is 11.8 Å². The first-order chi connectivity index (χ1) is 12.7. The average Bonchev–Trinajstić information content (AvgIpc) is 3.33. The average molecular weight is 364 g/mol. The van der Waals surface area contributed by atoms with Crippen molar-refractivity contribution >= 4 is 11.8 Å². The maximum atomic E-state index is 12.8. The SMILES string of the molecule is COCc1noc(CCNC(=O)[C@@H]2CCCC[C@@H]2C(=O)N2CCCC2)n1. The van der Waals surface area contributed by atoms with Crippen LogP contribution < -0.4 is 5.32 Å². The Morgan fingerprint density at radius 3 is 2.65 bits per heavy atom. The first-order valence-electron chi connectivity index (χ1n) is 9.56. The van der Waals surface area contributed by atoms with E-state index in [9.17, 15) is 9.59 Å². The topological polar surface area (TPSA) is 97.6 Å². The van der Waals surface area contributed by atoms with Crippen LogP contribution in [-0.4, -0.2) is 53.6 Å². The fourth-order valence-electron chi connectivity index (χ4n) is 3.92. The maximum absolute atomic E-state index is 12.8. The van der Waals surface area contributed by atoms with E-state index in [4.69, 9.17) is 9.26 Å². The highest BCUT2D eigenvalue weighted by atomic mass is 16.5. The summed E-state index contributed by atoms with van der Waals surface area (Å²) < 4.78 is 10.1. The molecule has 0 bridgehead atoms. The van der Waals surface area contributed by atoms with E-state index in [1.807, 2.05) is 4.90 Å². The Bertz CT molecular complexity index is 612. The summed E-state index contributed by atoms with van der Waals surface area (Å²) in [6, 6.07) is 0. The number of likely N-dealkylation sites (tertiary alicyclic amines) is 1. The quantitative estimate of drug-likeness (QED) is 0.783. The zero-order chi connectivity index (χ0) is 18.4. The smallest absolute Gasteiger partial charge is 0.228 e. The molecule has 2 fully saturated rings. The van der Waals surface area contributed by atoms with Gasteiger partial charge in [0.15, 0.2) is 5.82 Å². The van der Waals surface area contributed by atoms with Gasteiger partial charge in [0.05, 0.1) is 0 Å². The van der Waals surface area contributed by atoms with Gasteiger partial charge in [-0.25, -0.2) is 0 Å². The van der Waals surface area contributed by atoms with Crippen molar-refractivity contribution < 1.29 is 18.8 Å². The van der Waals surface area contributed by atoms with Gasteiger partial charge in [0, 0.05) is 45.0 Å². The van der Waals surface area contributed by atoms with Crippen LogP contribution >= 0.6 is 0 Å². The van der Waals surface area contributed by atoms with E-state index in [1.54, 1.807) is 7.11 Å². The number of hydrogen-bond donors (Lipinski definition) is 1. The van der Waals surface area contributed by atoms with Gasteiger partial charge in [-0.1, -0.05) is 18.0 Å². The molecule has 144 valence electrons. The molecule has 1 aromatic heterocycles. The van der Waals surface area contributed by atoms with Gasteiger partial charge in [-0.2, -0.15) is 4.98 Å². The zero-order valence-electron chi connectivity index (χ0n) is 15.4. The van der Waals surface area contributed by atoms with E-state index >= 15 is 0 Å². The highest BCUT2D eigenvalue weighted by molar-refractivity contribution is 5.88. The minimum absolute atomic E-state index is 0.0288. The van der Waals surface area contributed by atoms with Crippen LogP contribution in [0.15, 0.2) is 4.52 Å². The van der Waals surface area contributed by atoms with Gasteiger partial charge in [0.25, 0.3) is 0 Å². The van der Waals surface area contributed by atoms with Crippen molar-refractivity contribution in [2.45, 2.75) is 51.6 Å². The molecule has 0 radical (unpaired) electrons. The van der Waals surface area contributed by atoms with E-state index < -0.39 is 0 Å². The van der Waals surface area contributed by atoms with Crippen LogP contribution in [0.25, 0.3) is 0 Å². The summed E-state index contributed by atoms with van der Waals surface area (Å²) in [5.74, 6) is 0.729. The van der Waals surface area contributed by atoms with Crippen molar-refractivity contribution in [3.63, 3.8) is 0 Å². The third kappa shape index (κ3) is 4.60. The van der Waals surface area contributed by atoms with Crippen LogP contribution in [0.3, 0.4) is 0 Å². The molecule has 26 heavy (non-hydrogen) atoms. The number of rotatable bonds is 7. The van der Waals surface area contributed by atoms with Crippen molar-refractivity contribution in [3.05, 3.63) is 11.7 Å². The van der Waals surface area contributed by atoms with E-state index in [-0.39, 0.29) is 23.7 Å². The second kappa shape index (κ2) is 9.12. The lowest BCUT2D eigenvalue weighted by molar-refractivity contribution is -0.142. The van der Waals surface area contributed by atoms with Crippen molar-refractivity contribution in [1.29, 1.82) is 0 Å². The first kappa shape index (κ1) is 18.8. The minimum atomic E-state index is -0.219. The number of hydrogen-bond acceptors (Lipinski definition) is 6. The molecule has 3 rings (SSSR count). The molecule has 0 spiro atoms. The van der Waals surface area contributed by atoms with Gasteiger partial charge in [-0.15, -0.1) is 0 Å². The summed E-state index contributed by atoms with van der Waals surface area (Å²) in [5, 5.41) is 6.75. The van der Waals surface area contributed by atoms with E-state index in [2.05, 4.69) is 15.5 Å². The van der Waals surface area contributed by atoms with Crippen LogP contribution in [0.4, 0.5) is 0 Å². The molecule has 8 heteroatoms. The molecule has 1 aromatic rings. The second-order valence-corrected chi connectivity index (χ2v) is 7.11. The number of methoxy groups -OCH3 is 1. The fraction of sp³-hybridized carbons (Fsp3) is 0.778. The van der Waals surface area contributed by atoms with Crippen LogP contribution in [0.5, 0.6) is 0 Å². The summed E-state index contributed by atoms with van der Waals surface area (Å²) in [6.07, 6.45) is 6.26. The lowest BCUT2D eigenvalue weighted by atomic mass is 9.78. The largest absolute Gasteiger partial charge is 0.377 e. The Morgan fingerprint density at radius 2 is 1.92 bits per heavy atom. The van der Waals surface area contributed by atoms with E-state index in [1.165, 1.54) is 0 Å². The molecular formula is C18H28N4O4. The van der Waals surface area contributed by atoms with E-state index in [0.29, 0.717) is 31.3 Å². The molecule has 0 unspecified atom stereocenters. The number of ether oxygens (including phenoxy) is 1. The zero-order valence-corrected chi connectivity index (χ0v) is 15.4. The first-order valence-corrected chi connectivity index (χ1v) is 9.56. The highest BCUT2D eigenvalue weighted by Crippen LogP contribution is 2.32. The number of nitrogens with zero attached hydrogens (tertiary/aromatic N) is 3. The third-order valence-electron chi connectivity index (χ3n) is 5.26. The standard InChI is InChI=1S/C18H28N4O4/c1-25-12-15-20-16(26-21-15)8-9-19-17(23)13-6-2-3-7-14(13)18(24)22-10-4-5-11-22/h13-14H,2-12H2,1H3,(H,19,23)/t13-,14+/m1/s1. The normalized spacial score (nSPS) is 23.2. The van der Waals surface area contributed by atoms with E-state index in [0.717, 1.165) is 51.6 Å². The Morgan fingerprint density at radius 1 is 1.19 bits per heavy atom. The van der Waals surface area contributed by atoms with Gasteiger partial charge >= 0.3 is 0 Å². The number of carbonyl (C=O) groups excluding carboxylic acids is 2. The lowest BCUT2D eigenvalue weighted by Crippen LogP contribution is -2.45. The Kier molecular flexibility index (Phi) is 6.60. The number of amides is 2. The van der Waals surface area contributed by atoms with Gasteiger partial charge in [-0.3, -0.25) is 9.59 Å². The summed E-state index contributed by atoms with van der Waals surface area (Å²) in [5.41, 5.74) is 0. The molecule has 2 atom stereocenters. The Balaban J connectivity index is 1.50.